The standard InChI is InChI=1S/C22H18BrNS.C15H12N2/c1-13-5-3-4-6-17(13)18-11-15(8-7-14(18)2)16-9-10-20-19(12-16)21(23)22(24)25-20;1-11-16-14-10-6-5-9-13(14)15(17-11)12-7-3-2-4-8-12/h3-12H,24H2,1-2H3;2-10H,1H3. The highest BCUT2D eigenvalue weighted by Gasteiger charge is 2.11. The first kappa shape index (κ1) is 27.8. The SMILES string of the molecule is Cc1ccccc1-c1cc(-c2ccc3sc(N)c(Br)c3c2)ccc1C.Cc1nc(-c2ccccc2)c2ccccc2n1. The molecule has 2 N–H and O–H groups in total. The molecule has 0 saturated carbocycles. The predicted molar refractivity (Wildman–Crippen MR) is 184 cm³/mol. The Bertz CT molecular complexity index is 2050. The molecule has 0 aliphatic rings. The fraction of sp³-hybridized carbons (Fsp3) is 0.0811. The minimum atomic E-state index is 0.808. The lowest BCUT2D eigenvalue weighted by Crippen LogP contribution is -1.93. The summed E-state index contributed by atoms with van der Waals surface area (Å²) >= 11 is 5.23. The van der Waals surface area contributed by atoms with Crippen LogP contribution in [0.4, 0.5) is 5.00 Å². The van der Waals surface area contributed by atoms with Gasteiger partial charge >= 0.3 is 0 Å². The average Bonchev–Trinajstić information content (AvgIpc) is 3.30. The van der Waals surface area contributed by atoms with Crippen LogP contribution in [0.3, 0.4) is 0 Å². The van der Waals surface area contributed by atoms with E-state index in [0.29, 0.717) is 0 Å². The number of aryl methyl sites for hydroxylation is 3. The Morgan fingerprint density at radius 3 is 2.07 bits per heavy atom. The van der Waals surface area contributed by atoms with Crippen molar-refractivity contribution in [2.24, 2.45) is 0 Å². The number of nitrogen functional groups attached to an aromatic ring is 1. The van der Waals surface area contributed by atoms with Gasteiger partial charge in [0.05, 0.1) is 15.7 Å². The highest BCUT2D eigenvalue weighted by molar-refractivity contribution is 9.10. The van der Waals surface area contributed by atoms with Gasteiger partial charge in [0, 0.05) is 21.0 Å². The molecule has 0 unspecified atom stereocenters. The van der Waals surface area contributed by atoms with E-state index < -0.39 is 0 Å². The molecule has 0 spiro atoms. The number of aromatic nitrogens is 2. The molecule has 0 aliphatic heterocycles. The van der Waals surface area contributed by atoms with Crippen LogP contribution >= 0.6 is 27.3 Å². The van der Waals surface area contributed by atoms with Crippen molar-refractivity contribution in [2.45, 2.75) is 20.8 Å². The molecule has 7 rings (SSSR count). The fourth-order valence-corrected chi connectivity index (χ4v) is 6.79. The molecular formula is C37H30BrN3S. The van der Waals surface area contributed by atoms with Crippen molar-refractivity contribution in [1.82, 2.24) is 9.97 Å². The van der Waals surface area contributed by atoms with E-state index in [1.807, 2.05) is 43.3 Å². The Hall–Kier alpha value is -4.32. The molecule has 0 aliphatic carbocycles. The molecule has 2 aromatic heterocycles. The largest absolute Gasteiger partial charge is 0.390 e. The van der Waals surface area contributed by atoms with E-state index in [-0.39, 0.29) is 0 Å². The van der Waals surface area contributed by atoms with E-state index in [4.69, 9.17) is 5.73 Å². The van der Waals surface area contributed by atoms with Gasteiger partial charge in [0.2, 0.25) is 0 Å². The number of fused-ring (bicyclic) bond motifs is 2. The van der Waals surface area contributed by atoms with Crippen LogP contribution in [-0.4, -0.2) is 9.97 Å². The number of hydrogen-bond donors (Lipinski definition) is 1. The highest BCUT2D eigenvalue weighted by atomic mass is 79.9. The molecule has 42 heavy (non-hydrogen) atoms. The summed E-state index contributed by atoms with van der Waals surface area (Å²) in [6.45, 7) is 6.27. The summed E-state index contributed by atoms with van der Waals surface area (Å²) in [5.41, 5.74) is 16.8. The number of para-hydroxylation sites is 1. The summed E-state index contributed by atoms with van der Waals surface area (Å²) in [7, 11) is 0. The van der Waals surface area contributed by atoms with Gasteiger partial charge in [-0.05, 0) is 94.3 Å². The summed E-state index contributed by atoms with van der Waals surface area (Å²) in [4.78, 5) is 9.01. The Balaban J connectivity index is 0.000000162. The lowest BCUT2D eigenvalue weighted by Gasteiger charge is -2.12. The molecule has 2 heterocycles. The van der Waals surface area contributed by atoms with Crippen LogP contribution in [0, 0.1) is 20.8 Å². The van der Waals surface area contributed by atoms with Gasteiger partial charge in [-0.15, -0.1) is 11.3 Å². The second-order valence-electron chi connectivity index (χ2n) is 10.3. The van der Waals surface area contributed by atoms with Crippen molar-refractivity contribution in [2.75, 3.05) is 5.73 Å². The molecule has 206 valence electrons. The first-order valence-corrected chi connectivity index (χ1v) is 15.4. The number of thiophene rings is 1. The van der Waals surface area contributed by atoms with Gasteiger partial charge in [-0.3, -0.25) is 0 Å². The van der Waals surface area contributed by atoms with Gasteiger partial charge in [-0.25, -0.2) is 9.97 Å². The molecule has 0 amide bonds. The summed E-state index contributed by atoms with van der Waals surface area (Å²) in [6, 6.07) is 40.1. The Morgan fingerprint density at radius 2 is 1.26 bits per heavy atom. The molecule has 5 aromatic carbocycles. The maximum Gasteiger partial charge on any atom is 0.126 e. The van der Waals surface area contributed by atoms with Gasteiger partial charge in [0.25, 0.3) is 0 Å². The van der Waals surface area contributed by atoms with Crippen LogP contribution < -0.4 is 5.73 Å². The first-order chi connectivity index (χ1) is 20.4. The van der Waals surface area contributed by atoms with E-state index in [1.165, 1.54) is 43.5 Å². The topological polar surface area (TPSA) is 51.8 Å². The summed E-state index contributed by atoms with van der Waals surface area (Å²) in [5.74, 6) is 0.808. The number of halogens is 1. The molecule has 3 nitrogen and oxygen atoms in total. The monoisotopic (exact) mass is 627 g/mol. The summed E-state index contributed by atoms with van der Waals surface area (Å²) in [6.07, 6.45) is 0. The van der Waals surface area contributed by atoms with E-state index in [1.54, 1.807) is 11.3 Å². The number of rotatable bonds is 3. The van der Waals surface area contributed by atoms with Gasteiger partial charge < -0.3 is 5.73 Å². The van der Waals surface area contributed by atoms with E-state index >= 15 is 0 Å². The van der Waals surface area contributed by atoms with Crippen molar-refractivity contribution in [1.29, 1.82) is 0 Å². The quantitative estimate of drug-likeness (QED) is 0.212. The zero-order chi connectivity index (χ0) is 29.2. The molecule has 7 aromatic rings. The van der Waals surface area contributed by atoms with Gasteiger partial charge in [0.1, 0.15) is 10.8 Å². The van der Waals surface area contributed by atoms with Crippen LogP contribution in [0.25, 0.3) is 54.5 Å². The molecule has 5 heteroatoms. The third kappa shape index (κ3) is 5.58. The summed E-state index contributed by atoms with van der Waals surface area (Å²) < 4.78 is 2.21. The Morgan fingerprint density at radius 1 is 0.595 bits per heavy atom. The van der Waals surface area contributed by atoms with Crippen molar-refractivity contribution in [3.05, 3.63) is 137 Å². The van der Waals surface area contributed by atoms with Crippen molar-refractivity contribution >= 4 is 53.3 Å². The van der Waals surface area contributed by atoms with Gasteiger partial charge in [-0.2, -0.15) is 0 Å². The number of nitrogens with zero attached hydrogens (tertiary/aromatic N) is 2. The van der Waals surface area contributed by atoms with Crippen molar-refractivity contribution in [3.63, 3.8) is 0 Å². The van der Waals surface area contributed by atoms with Crippen LogP contribution in [-0.2, 0) is 0 Å². The number of hydrogen-bond acceptors (Lipinski definition) is 4. The lowest BCUT2D eigenvalue weighted by molar-refractivity contribution is 1.10. The third-order valence-electron chi connectivity index (χ3n) is 7.42. The van der Waals surface area contributed by atoms with Crippen LogP contribution in [0.5, 0.6) is 0 Å². The van der Waals surface area contributed by atoms with E-state index in [9.17, 15) is 0 Å². The minimum Gasteiger partial charge on any atom is -0.390 e. The fourth-order valence-electron chi connectivity index (χ4n) is 5.24. The lowest BCUT2D eigenvalue weighted by atomic mass is 9.93. The minimum absolute atomic E-state index is 0.808. The zero-order valence-electron chi connectivity index (χ0n) is 23.7. The maximum absolute atomic E-state index is 6.05. The number of nitrogens with two attached hydrogens (primary N) is 1. The summed E-state index contributed by atoms with van der Waals surface area (Å²) in [5, 5.41) is 3.11. The number of anilines is 1. The highest BCUT2D eigenvalue weighted by Crippen LogP contribution is 2.40. The normalized spacial score (nSPS) is 11.0. The van der Waals surface area contributed by atoms with Crippen LogP contribution in [0.2, 0.25) is 0 Å². The van der Waals surface area contributed by atoms with Crippen molar-refractivity contribution in [3.8, 4) is 33.5 Å². The third-order valence-corrected chi connectivity index (χ3v) is 9.54. The van der Waals surface area contributed by atoms with E-state index in [2.05, 4.69) is 119 Å². The Labute approximate surface area is 258 Å². The average molecular weight is 629 g/mol. The van der Waals surface area contributed by atoms with Crippen molar-refractivity contribution < 1.29 is 0 Å². The van der Waals surface area contributed by atoms with E-state index in [0.717, 1.165) is 37.5 Å². The van der Waals surface area contributed by atoms with Gasteiger partial charge in [-0.1, -0.05) is 91.0 Å². The molecule has 0 bridgehead atoms. The molecule has 0 radical (unpaired) electrons. The predicted octanol–water partition coefficient (Wildman–Crippen LogP) is 10.8. The van der Waals surface area contributed by atoms with Crippen LogP contribution in [0.1, 0.15) is 17.0 Å². The molecule has 0 fully saturated rings. The second-order valence-corrected chi connectivity index (χ2v) is 12.2. The smallest absolute Gasteiger partial charge is 0.126 e. The molecule has 0 atom stereocenters. The molecular weight excluding hydrogens is 598 g/mol. The second kappa shape index (κ2) is 11.9. The molecule has 0 saturated heterocycles. The number of benzene rings is 5. The van der Waals surface area contributed by atoms with Crippen LogP contribution in [0.15, 0.2) is 120 Å². The Kier molecular flexibility index (Phi) is 7.88. The first-order valence-electron chi connectivity index (χ1n) is 13.8. The van der Waals surface area contributed by atoms with Gasteiger partial charge in [0.15, 0.2) is 0 Å². The zero-order valence-corrected chi connectivity index (χ0v) is 26.1. The maximum atomic E-state index is 6.05.